The number of cyclic esters (lactones) is 1. The Morgan fingerprint density at radius 3 is 2.40 bits per heavy atom. The van der Waals surface area contributed by atoms with Gasteiger partial charge in [0.05, 0.1) is 12.2 Å². The monoisotopic (exact) mass is 602 g/mol. The minimum atomic E-state index is -1.09. The third kappa shape index (κ3) is 8.20. The number of rotatable bonds is 4. The maximum Gasteiger partial charge on any atom is 0.419 e. The van der Waals surface area contributed by atoms with Crippen molar-refractivity contribution in [1.29, 1.82) is 0 Å². The largest absolute Gasteiger partial charge is 0.458 e. The molecule has 0 N–H and O–H groups in total. The lowest BCUT2D eigenvalue weighted by Crippen LogP contribution is -2.50. The summed E-state index contributed by atoms with van der Waals surface area (Å²) in [6.45, 7) is 18.9. The quantitative estimate of drug-likeness (QED) is 0.312. The number of hydrogen-bond acceptors (Lipinski definition) is 9. The second-order valence-corrected chi connectivity index (χ2v) is 13.4. The van der Waals surface area contributed by atoms with Gasteiger partial charge in [0.25, 0.3) is 0 Å². The van der Waals surface area contributed by atoms with Gasteiger partial charge in [-0.25, -0.2) is 14.3 Å². The number of carbonyl (C=O) groups excluding carboxylic acids is 4. The smallest absolute Gasteiger partial charge is 0.419 e. The van der Waals surface area contributed by atoms with Gasteiger partial charge in [-0.05, 0) is 63.0 Å². The third-order valence-corrected chi connectivity index (χ3v) is 9.20. The number of hydrogen-bond donors (Lipinski definition) is 0. The maximum atomic E-state index is 13.9. The van der Waals surface area contributed by atoms with E-state index in [1.165, 1.54) is 31.7 Å². The summed E-state index contributed by atoms with van der Waals surface area (Å²) in [5, 5.41) is 0. The number of carbonyl (C=O) groups is 4. The first kappa shape index (κ1) is 34.6. The first-order valence-corrected chi connectivity index (χ1v) is 15.5. The van der Waals surface area contributed by atoms with E-state index in [0.29, 0.717) is 17.9 Å². The fourth-order valence-corrected chi connectivity index (χ4v) is 6.46. The Bertz CT molecular complexity index is 1180. The first-order chi connectivity index (χ1) is 20.1. The normalized spacial score (nSPS) is 37.5. The molecule has 2 aliphatic rings. The molecule has 0 saturated carbocycles. The van der Waals surface area contributed by atoms with Gasteiger partial charge >= 0.3 is 12.1 Å². The van der Waals surface area contributed by atoms with Crippen molar-refractivity contribution in [3.63, 3.8) is 0 Å². The van der Waals surface area contributed by atoms with Crippen LogP contribution in [0.3, 0.4) is 0 Å². The summed E-state index contributed by atoms with van der Waals surface area (Å²) in [5.74, 6) is -2.94. The maximum absolute atomic E-state index is 13.9. The molecule has 1 fully saturated rings. The van der Waals surface area contributed by atoms with Crippen molar-refractivity contribution in [3.05, 3.63) is 30.4 Å². The molecule has 2 aliphatic heterocycles. The second-order valence-electron chi connectivity index (χ2n) is 13.4. The van der Waals surface area contributed by atoms with Crippen LogP contribution in [0.4, 0.5) is 4.79 Å². The Morgan fingerprint density at radius 2 is 1.79 bits per heavy atom. The van der Waals surface area contributed by atoms with E-state index >= 15 is 0 Å². The zero-order valence-corrected chi connectivity index (χ0v) is 27.4. The van der Waals surface area contributed by atoms with Crippen LogP contribution >= 0.6 is 0 Å². The van der Waals surface area contributed by atoms with Crippen LogP contribution in [-0.4, -0.2) is 63.9 Å². The zero-order valence-electron chi connectivity index (χ0n) is 27.4. The number of aromatic nitrogens is 2. The lowest BCUT2D eigenvalue weighted by Gasteiger charge is -2.45. The molecule has 1 aromatic rings. The molecule has 10 heteroatoms. The Morgan fingerprint density at radius 1 is 1.12 bits per heavy atom. The Hall–Kier alpha value is -2.85. The summed E-state index contributed by atoms with van der Waals surface area (Å²) >= 11 is 0. The van der Waals surface area contributed by atoms with Crippen molar-refractivity contribution in [2.24, 2.45) is 35.0 Å². The number of Topliss-reactive ketones (excluding diaryl/α,β-unsaturated/α-hetero) is 2. The van der Waals surface area contributed by atoms with E-state index in [1.54, 1.807) is 20.8 Å². The number of allylic oxidation sites excluding steroid dienone is 1. The summed E-state index contributed by atoms with van der Waals surface area (Å²) in [6.07, 6.45) is 3.47. The van der Waals surface area contributed by atoms with Crippen LogP contribution in [0.25, 0.3) is 0 Å². The minimum Gasteiger partial charge on any atom is -0.458 e. The van der Waals surface area contributed by atoms with Crippen molar-refractivity contribution in [1.82, 2.24) is 9.55 Å². The molecule has 3 heterocycles. The van der Waals surface area contributed by atoms with Crippen molar-refractivity contribution in [2.45, 2.75) is 119 Å². The summed E-state index contributed by atoms with van der Waals surface area (Å²) in [6, 6.07) is 0. The summed E-state index contributed by atoms with van der Waals surface area (Å²) in [7, 11) is 0. The van der Waals surface area contributed by atoms with Crippen LogP contribution in [-0.2, 0) is 33.3 Å². The fourth-order valence-electron chi connectivity index (χ4n) is 6.46. The summed E-state index contributed by atoms with van der Waals surface area (Å²) in [5.41, 5.74) is -0.260. The van der Waals surface area contributed by atoms with E-state index in [4.69, 9.17) is 18.9 Å². The number of nitrogens with zero attached hydrogens (tertiary/aromatic N) is 2. The van der Waals surface area contributed by atoms with Gasteiger partial charge in [0, 0.05) is 30.1 Å². The molecule has 0 spiro atoms. The van der Waals surface area contributed by atoms with E-state index < -0.39 is 59.8 Å². The van der Waals surface area contributed by atoms with Crippen molar-refractivity contribution in [3.8, 4) is 0 Å². The van der Waals surface area contributed by atoms with Crippen molar-refractivity contribution >= 4 is 23.6 Å². The van der Waals surface area contributed by atoms with Crippen LogP contribution in [0.2, 0.25) is 0 Å². The Kier molecular flexibility index (Phi) is 11.5. The predicted octanol–water partition coefficient (Wildman–Crippen LogP) is 5.77. The molecule has 0 aliphatic carbocycles. The second kappa shape index (κ2) is 14.3. The Labute approximate surface area is 255 Å². The fraction of sp³-hybridized carbons (Fsp3) is 0.727. The van der Waals surface area contributed by atoms with Gasteiger partial charge in [-0.1, -0.05) is 48.5 Å². The molecule has 0 amide bonds. The first-order valence-electron chi connectivity index (χ1n) is 15.5. The third-order valence-electron chi connectivity index (χ3n) is 9.20. The highest BCUT2D eigenvalue weighted by atomic mass is 16.7. The minimum absolute atomic E-state index is 0.00724. The van der Waals surface area contributed by atoms with E-state index in [2.05, 4.69) is 18.8 Å². The van der Waals surface area contributed by atoms with Gasteiger partial charge in [0.1, 0.15) is 18.3 Å². The summed E-state index contributed by atoms with van der Waals surface area (Å²) in [4.78, 5) is 57.7. The standard InChI is InChI=1S/C33H50N2O8/c1-11-25-26(42-32(39)35-13-12-34-17-35)15-19(3)27(36)20(4)16-33(9,10)29(23(7)28(37)24(8)30(38)41-25)43-31-22(6)18(2)14-21(5)40-31/h12-13,15,17-18,20-26,29,31H,11,14,16H2,1-10H3/b19-15+/t18-,20+,21+,22+,23-,24+,25+,26-,29+,31?/m0/s1. The number of esters is 1. The number of ketones is 2. The number of ether oxygens (including phenoxy) is 4. The van der Waals surface area contributed by atoms with Crippen LogP contribution in [0, 0.1) is 35.0 Å². The van der Waals surface area contributed by atoms with Crippen LogP contribution < -0.4 is 0 Å². The molecule has 0 bridgehead atoms. The molecule has 10 atom stereocenters. The molecule has 0 aromatic carbocycles. The van der Waals surface area contributed by atoms with E-state index in [0.717, 1.165) is 11.0 Å². The average Bonchev–Trinajstić information content (AvgIpc) is 3.49. The van der Waals surface area contributed by atoms with Gasteiger partial charge in [0.2, 0.25) is 0 Å². The SMILES string of the molecule is CC[C@H]1OC(=O)[C@H](C)C(=O)[C@H](C)[C@@H](OC2O[C@H](C)C[C@H](C)[C@H]2C)C(C)(C)C[C@@H](C)C(=O)/C(C)=C/[C@@H]1OC(=O)n1ccnc1. The van der Waals surface area contributed by atoms with E-state index in [9.17, 15) is 19.2 Å². The highest BCUT2D eigenvalue weighted by Crippen LogP contribution is 2.41. The van der Waals surface area contributed by atoms with Crippen LogP contribution in [0.5, 0.6) is 0 Å². The van der Waals surface area contributed by atoms with Gasteiger partial charge in [0.15, 0.2) is 24.0 Å². The van der Waals surface area contributed by atoms with Crippen LogP contribution in [0.15, 0.2) is 30.4 Å². The van der Waals surface area contributed by atoms with Crippen molar-refractivity contribution < 1.29 is 38.1 Å². The average molecular weight is 603 g/mol. The van der Waals surface area contributed by atoms with Gasteiger partial charge in [-0.3, -0.25) is 14.4 Å². The van der Waals surface area contributed by atoms with Gasteiger partial charge < -0.3 is 18.9 Å². The molecule has 1 saturated heterocycles. The molecular weight excluding hydrogens is 552 g/mol. The molecule has 10 nitrogen and oxygen atoms in total. The lowest BCUT2D eigenvalue weighted by atomic mass is 9.71. The molecule has 1 aromatic heterocycles. The molecular formula is C33H50N2O8. The van der Waals surface area contributed by atoms with Crippen molar-refractivity contribution in [2.75, 3.05) is 0 Å². The molecule has 3 rings (SSSR count). The summed E-state index contributed by atoms with van der Waals surface area (Å²) < 4.78 is 25.6. The highest BCUT2D eigenvalue weighted by Gasteiger charge is 2.46. The molecule has 0 radical (unpaired) electrons. The zero-order chi connectivity index (χ0) is 32.2. The lowest BCUT2D eigenvalue weighted by molar-refractivity contribution is -0.267. The predicted molar refractivity (Wildman–Crippen MR) is 160 cm³/mol. The van der Waals surface area contributed by atoms with Crippen LogP contribution in [0.1, 0.15) is 88.5 Å². The topological polar surface area (TPSA) is 123 Å². The van der Waals surface area contributed by atoms with Gasteiger partial charge in [-0.2, -0.15) is 0 Å². The Balaban J connectivity index is 2.02. The highest BCUT2D eigenvalue weighted by molar-refractivity contribution is 6.00. The van der Waals surface area contributed by atoms with E-state index in [-0.39, 0.29) is 30.0 Å². The molecule has 240 valence electrons. The molecule has 43 heavy (non-hydrogen) atoms. The molecule has 1 unspecified atom stereocenters. The van der Waals surface area contributed by atoms with Gasteiger partial charge in [-0.15, -0.1) is 0 Å². The number of imidazole rings is 1. The van der Waals surface area contributed by atoms with E-state index in [1.807, 2.05) is 27.7 Å².